The summed E-state index contributed by atoms with van der Waals surface area (Å²) in [7, 11) is -3.41. The van der Waals surface area contributed by atoms with E-state index in [1.54, 1.807) is 30.3 Å². The minimum absolute atomic E-state index is 0.118. The van der Waals surface area contributed by atoms with Gasteiger partial charge in [-0.3, -0.25) is 10.1 Å². The summed E-state index contributed by atoms with van der Waals surface area (Å²) in [4.78, 5) is 24.1. The second-order valence-electron chi connectivity index (χ2n) is 7.69. The number of benzene rings is 2. The van der Waals surface area contributed by atoms with Gasteiger partial charge in [-0.25, -0.2) is 13.2 Å². The number of anilines is 2. The summed E-state index contributed by atoms with van der Waals surface area (Å²) in [5.41, 5.74) is 0.876. The lowest BCUT2D eigenvalue weighted by molar-refractivity contribution is -0.115. The van der Waals surface area contributed by atoms with Crippen LogP contribution in [0.5, 0.6) is 5.75 Å². The van der Waals surface area contributed by atoms with Gasteiger partial charge in [0.25, 0.3) is 0 Å². The molecule has 0 fully saturated rings. The van der Waals surface area contributed by atoms with E-state index in [1.807, 2.05) is 30.3 Å². The van der Waals surface area contributed by atoms with Crippen LogP contribution in [-0.2, 0) is 33.9 Å². The Hall–Kier alpha value is -3.75. The first-order chi connectivity index (χ1) is 17.8. The zero-order chi connectivity index (χ0) is 26.1. The minimum atomic E-state index is -3.41. The first kappa shape index (κ1) is 26.3. The summed E-state index contributed by atoms with van der Waals surface area (Å²) in [6.07, 6.45) is -0.162. The number of aromatic nitrogens is 4. The van der Waals surface area contributed by atoms with E-state index in [2.05, 4.69) is 31.0 Å². The number of amides is 2. The minimum Gasteiger partial charge on any atom is -0.410 e. The van der Waals surface area contributed by atoms with Crippen LogP contribution >= 0.6 is 22.7 Å². The predicted molar refractivity (Wildman–Crippen MR) is 141 cm³/mol. The fourth-order valence-electron chi connectivity index (χ4n) is 3.05. The van der Waals surface area contributed by atoms with E-state index in [0.717, 1.165) is 28.2 Å². The number of sulfone groups is 1. The van der Waals surface area contributed by atoms with Crippen LogP contribution in [0.1, 0.15) is 15.6 Å². The average Bonchev–Trinajstić information content (AvgIpc) is 3.52. The second kappa shape index (κ2) is 12.5. The molecule has 4 rings (SSSR count). The van der Waals surface area contributed by atoms with Gasteiger partial charge in [-0.2, -0.15) is 0 Å². The topological polar surface area (TPSA) is 153 Å². The van der Waals surface area contributed by atoms with Crippen molar-refractivity contribution in [2.45, 2.75) is 19.3 Å². The molecule has 2 aromatic carbocycles. The average molecular weight is 559 g/mol. The van der Waals surface area contributed by atoms with Crippen LogP contribution in [0.15, 0.2) is 60.7 Å². The zero-order valence-electron chi connectivity index (χ0n) is 19.4. The van der Waals surface area contributed by atoms with Crippen molar-refractivity contribution >= 4 is 54.8 Å². The van der Waals surface area contributed by atoms with Crippen molar-refractivity contribution in [1.82, 2.24) is 20.4 Å². The smallest absolute Gasteiger partial charge is 0.410 e. The lowest BCUT2D eigenvalue weighted by atomic mass is 10.1. The van der Waals surface area contributed by atoms with Gasteiger partial charge in [0.05, 0.1) is 17.9 Å². The van der Waals surface area contributed by atoms with Gasteiger partial charge in [0, 0.05) is 12.8 Å². The Morgan fingerprint density at radius 2 is 1.30 bits per heavy atom. The molecule has 0 atom stereocenters. The van der Waals surface area contributed by atoms with E-state index in [4.69, 9.17) is 4.74 Å². The van der Waals surface area contributed by atoms with Crippen LogP contribution in [-0.4, -0.2) is 52.3 Å². The van der Waals surface area contributed by atoms with Crippen molar-refractivity contribution in [2.24, 2.45) is 0 Å². The van der Waals surface area contributed by atoms with E-state index in [9.17, 15) is 18.0 Å². The lowest BCUT2D eigenvalue weighted by Gasteiger charge is -2.03. The number of carbonyl (C=O) groups is 2. The molecule has 37 heavy (non-hydrogen) atoms. The molecule has 14 heteroatoms. The third kappa shape index (κ3) is 8.70. The molecule has 2 aromatic heterocycles. The molecule has 0 aliphatic rings. The fraction of sp³-hybridized carbons (Fsp3) is 0.217. The zero-order valence-corrected chi connectivity index (χ0v) is 21.8. The third-order valence-corrected chi connectivity index (χ3v) is 8.25. The van der Waals surface area contributed by atoms with Crippen LogP contribution in [0.4, 0.5) is 15.1 Å². The molecule has 2 heterocycles. The molecule has 0 spiro atoms. The van der Waals surface area contributed by atoms with Crippen LogP contribution in [0.25, 0.3) is 0 Å². The molecule has 0 saturated carbocycles. The number of hydrogen-bond acceptors (Lipinski definition) is 11. The number of para-hydroxylation sites is 1. The summed E-state index contributed by atoms with van der Waals surface area (Å²) in [5, 5.41) is 22.4. The largest absolute Gasteiger partial charge is 0.418 e. The third-order valence-electron chi connectivity index (χ3n) is 4.80. The molecule has 0 unspecified atom stereocenters. The highest BCUT2D eigenvalue weighted by Gasteiger charge is 2.17. The Kier molecular flexibility index (Phi) is 8.87. The van der Waals surface area contributed by atoms with Crippen molar-refractivity contribution < 1.29 is 22.7 Å². The van der Waals surface area contributed by atoms with Gasteiger partial charge in [-0.1, -0.05) is 71.2 Å². The molecular formula is C23H22N6O5S3. The predicted octanol–water partition coefficient (Wildman–Crippen LogP) is 3.38. The van der Waals surface area contributed by atoms with Gasteiger partial charge in [-0.15, -0.1) is 20.4 Å². The maximum Gasteiger partial charge on any atom is 0.418 e. The first-order valence-corrected chi connectivity index (χ1v) is 14.5. The molecule has 0 bridgehead atoms. The number of carbonyl (C=O) groups excluding carboxylic acids is 2. The summed E-state index contributed by atoms with van der Waals surface area (Å²) in [5.74, 6) is -0.0867. The second-order valence-corrected chi connectivity index (χ2v) is 12.1. The summed E-state index contributed by atoms with van der Waals surface area (Å²) in [6.45, 7) is 0. The Morgan fingerprint density at radius 1 is 0.757 bits per heavy atom. The highest BCUT2D eigenvalue weighted by Crippen LogP contribution is 2.19. The normalized spacial score (nSPS) is 11.1. The van der Waals surface area contributed by atoms with Crippen molar-refractivity contribution in [3.05, 3.63) is 76.2 Å². The number of nitrogens with one attached hydrogen (secondary N) is 2. The van der Waals surface area contributed by atoms with E-state index in [1.165, 1.54) is 0 Å². The Morgan fingerprint density at radius 3 is 1.89 bits per heavy atom. The monoisotopic (exact) mass is 558 g/mol. The fourth-order valence-corrected chi connectivity index (χ4v) is 6.00. The van der Waals surface area contributed by atoms with Crippen LogP contribution < -0.4 is 15.4 Å². The Labute approximate surface area is 220 Å². The number of nitrogens with zero attached hydrogens (tertiary/aromatic N) is 4. The standard InChI is InChI=1S/C23H22N6O5S3/c30-18(15-16-7-3-1-4-8-16)24-21-28-26-19(35-21)11-13-37(32,33)14-12-20-27-29-22(36-20)25-23(31)34-17-9-5-2-6-10-17/h1-10H,11-15H2,(H,24,28,30)(H,25,29,31). The molecule has 2 N–H and O–H groups in total. The van der Waals surface area contributed by atoms with Crippen molar-refractivity contribution in [3.8, 4) is 5.75 Å². The lowest BCUT2D eigenvalue weighted by Crippen LogP contribution is -2.16. The molecule has 4 aromatic rings. The molecule has 0 saturated heterocycles. The molecule has 11 nitrogen and oxygen atoms in total. The molecule has 2 amide bonds. The maximum atomic E-state index is 12.5. The Balaban J connectivity index is 1.20. The SMILES string of the molecule is O=C(Cc1ccccc1)Nc1nnc(CCS(=O)(=O)CCc2nnc(NC(=O)Oc3ccccc3)s2)s1. The molecule has 0 aliphatic carbocycles. The number of aryl methyl sites for hydroxylation is 2. The van der Waals surface area contributed by atoms with Crippen LogP contribution in [0.2, 0.25) is 0 Å². The molecule has 192 valence electrons. The van der Waals surface area contributed by atoms with Gasteiger partial charge < -0.3 is 10.1 Å². The molecular weight excluding hydrogens is 536 g/mol. The highest BCUT2D eigenvalue weighted by molar-refractivity contribution is 7.91. The Bertz CT molecular complexity index is 1340. The van der Waals surface area contributed by atoms with Gasteiger partial charge >= 0.3 is 6.09 Å². The first-order valence-electron chi connectivity index (χ1n) is 11.1. The molecule has 0 radical (unpaired) electrons. The number of hydrogen-bond donors (Lipinski definition) is 2. The summed E-state index contributed by atoms with van der Waals surface area (Å²) in [6, 6.07) is 17.9. The highest BCUT2D eigenvalue weighted by atomic mass is 32.2. The van der Waals surface area contributed by atoms with Gasteiger partial charge in [0.15, 0.2) is 9.84 Å². The van der Waals surface area contributed by atoms with E-state index < -0.39 is 15.9 Å². The summed E-state index contributed by atoms with van der Waals surface area (Å²) >= 11 is 2.22. The van der Waals surface area contributed by atoms with Crippen molar-refractivity contribution in [1.29, 1.82) is 0 Å². The van der Waals surface area contributed by atoms with Crippen molar-refractivity contribution in [2.75, 3.05) is 22.1 Å². The van der Waals surface area contributed by atoms with E-state index in [-0.39, 0.29) is 41.8 Å². The van der Waals surface area contributed by atoms with E-state index >= 15 is 0 Å². The maximum absolute atomic E-state index is 12.5. The quantitative estimate of drug-likeness (QED) is 0.282. The number of ether oxygens (including phenoxy) is 1. The van der Waals surface area contributed by atoms with Gasteiger partial charge in [0.1, 0.15) is 15.8 Å². The van der Waals surface area contributed by atoms with Gasteiger partial charge in [-0.05, 0) is 17.7 Å². The summed E-state index contributed by atoms with van der Waals surface area (Å²) < 4.78 is 30.1. The van der Waals surface area contributed by atoms with Crippen LogP contribution in [0, 0.1) is 0 Å². The van der Waals surface area contributed by atoms with E-state index in [0.29, 0.717) is 20.9 Å². The van der Waals surface area contributed by atoms with Crippen molar-refractivity contribution in [3.63, 3.8) is 0 Å². The van der Waals surface area contributed by atoms with Gasteiger partial charge in [0.2, 0.25) is 16.2 Å². The molecule has 0 aliphatic heterocycles. The van der Waals surface area contributed by atoms with Crippen LogP contribution in [0.3, 0.4) is 0 Å². The number of rotatable bonds is 11.